The first-order chi connectivity index (χ1) is 26.3. The monoisotopic (exact) mass is 777 g/mol. The van der Waals surface area contributed by atoms with Crippen LogP contribution in [-0.4, -0.2) is 168 Å². The van der Waals surface area contributed by atoms with Gasteiger partial charge >= 0.3 is 5.97 Å². The van der Waals surface area contributed by atoms with Crippen molar-refractivity contribution in [1.82, 2.24) is 60.0 Å². The number of aliphatic carboxylic acids is 1. The van der Waals surface area contributed by atoms with Crippen LogP contribution in [0.5, 0.6) is 0 Å². The molecule has 0 unspecified atom stereocenters. The van der Waals surface area contributed by atoms with Crippen LogP contribution in [0.25, 0.3) is 0 Å². The Morgan fingerprint density at radius 3 is 1.51 bits per heavy atom. The van der Waals surface area contributed by atoms with Crippen molar-refractivity contribution >= 4 is 35.5 Å². The Morgan fingerprint density at radius 1 is 0.691 bits per heavy atom. The number of carboxylic acids is 1. The number of nitrogens with zero attached hydrogens (tertiary/aromatic N) is 11. The first kappa shape index (κ1) is 46.1. The third kappa shape index (κ3) is 16.9. The molecule has 0 saturated carbocycles. The molecule has 308 valence electrons. The number of hydrogen-bond acceptors (Lipinski definition) is 13. The average molecular weight is 778 g/mol. The van der Waals surface area contributed by atoms with Crippen molar-refractivity contribution in [2.75, 3.05) is 72.6 Å². The summed E-state index contributed by atoms with van der Waals surface area (Å²) in [5.41, 5.74) is 9.18. The van der Waals surface area contributed by atoms with Crippen molar-refractivity contribution in [3.8, 4) is 0 Å². The largest absolute Gasteiger partial charge is 0.480 e. The summed E-state index contributed by atoms with van der Waals surface area (Å²) in [5.74, 6) is -3.60. The zero-order chi connectivity index (χ0) is 40.8. The summed E-state index contributed by atoms with van der Waals surface area (Å²) in [6.07, 6.45) is 6.28. The average Bonchev–Trinajstić information content (AvgIpc) is 3.79. The summed E-state index contributed by atoms with van der Waals surface area (Å²) in [6.45, 7) is 7.64. The molecule has 21 heteroatoms. The zero-order valence-corrected chi connectivity index (χ0v) is 32.9. The van der Waals surface area contributed by atoms with E-state index in [9.17, 15) is 33.9 Å². The fourth-order valence-corrected chi connectivity index (χ4v) is 5.51. The van der Waals surface area contributed by atoms with Gasteiger partial charge in [0.2, 0.25) is 29.5 Å². The Labute approximate surface area is 322 Å². The summed E-state index contributed by atoms with van der Waals surface area (Å²) in [6, 6.07) is 0. The minimum absolute atomic E-state index is 0.0529. The molecule has 4 N–H and O–H groups in total. The van der Waals surface area contributed by atoms with Gasteiger partial charge in [0.15, 0.2) is 0 Å². The molecule has 2 rings (SSSR count). The van der Waals surface area contributed by atoms with Gasteiger partial charge < -0.3 is 40.2 Å². The molecule has 0 aliphatic heterocycles. The van der Waals surface area contributed by atoms with Crippen molar-refractivity contribution in [2.24, 2.45) is 5.73 Å². The Morgan fingerprint density at radius 2 is 1.11 bits per heavy atom. The van der Waals surface area contributed by atoms with Crippen LogP contribution in [0, 0.1) is 0 Å². The van der Waals surface area contributed by atoms with Crippen LogP contribution in [0.1, 0.15) is 71.2 Å². The number of nitrogens with two attached hydrogens (primary N) is 1. The molecule has 0 saturated heterocycles. The Balaban J connectivity index is 2.12. The quantitative estimate of drug-likeness (QED) is 0.0689. The highest BCUT2D eigenvalue weighted by atomic mass is 16.6. The van der Waals surface area contributed by atoms with Crippen molar-refractivity contribution in [3.05, 3.63) is 23.8 Å². The van der Waals surface area contributed by atoms with Gasteiger partial charge in [-0.25, -0.2) is 5.48 Å². The standard InChI is InChI=1S/C34H59N13O8/c1-6-13-41(30(49)23-42(14-7-2)32(51)25-44(27(4)48)18-28-20-46(39-37-28)16-9-11-35)22-31(50)43(15-8-3)24-33(52)45(26-34(53)54)19-29-21-47(40-38-29)17-10-12-36-55-5/h20-21,36H,6-19,22-26,35H2,1-5H3,(H,53,54). The van der Waals surface area contributed by atoms with E-state index in [0.717, 1.165) is 4.90 Å². The lowest BCUT2D eigenvalue weighted by Crippen LogP contribution is -2.51. The molecule has 0 bridgehead atoms. The predicted molar refractivity (Wildman–Crippen MR) is 198 cm³/mol. The molecule has 0 aromatic carbocycles. The molecular formula is C34H59N13O8. The van der Waals surface area contributed by atoms with Crippen LogP contribution >= 0.6 is 0 Å². The van der Waals surface area contributed by atoms with Crippen LogP contribution in [-0.2, 0) is 59.8 Å². The fourth-order valence-electron chi connectivity index (χ4n) is 5.51. The van der Waals surface area contributed by atoms with Crippen molar-refractivity contribution < 1.29 is 38.7 Å². The lowest BCUT2D eigenvalue weighted by molar-refractivity contribution is -0.149. The van der Waals surface area contributed by atoms with Crippen LogP contribution in [0.15, 0.2) is 12.4 Å². The second-order valence-electron chi connectivity index (χ2n) is 13.0. The molecule has 55 heavy (non-hydrogen) atoms. The Bertz CT molecular complexity index is 1520. The Hall–Kier alpha value is -5.02. The number of amides is 5. The number of aromatic nitrogens is 6. The smallest absolute Gasteiger partial charge is 0.323 e. The summed E-state index contributed by atoms with van der Waals surface area (Å²) >= 11 is 0. The third-order valence-corrected chi connectivity index (χ3v) is 8.25. The maximum Gasteiger partial charge on any atom is 0.323 e. The van der Waals surface area contributed by atoms with Gasteiger partial charge in [-0.2, -0.15) is 0 Å². The molecule has 0 aliphatic carbocycles. The number of nitrogens with one attached hydrogen (secondary N) is 1. The molecule has 0 spiro atoms. The van der Waals surface area contributed by atoms with Crippen molar-refractivity contribution in [1.29, 1.82) is 0 Å². The maximum atomic E-state index is 13.7. The van der Waals surface area contributed by atoms with Gasteiger partial charge in [-0.15, -0.1) is 10.2 Å². The number of hydroxylamine groups is 1. The number of carbonyl (C=O) groups excluding carboxylic acids is 5. The van der Waals surface area contributed by atoms with E-state index in [-0.39, 0.29) is 58.3 Å². The third-order valence-electron chi connectivity index (χ3n) is 8.25. The zero-order valence-electron chi connectivity index (χ0n) is 32.9. The van der Waals surface area contributed by atoms with Crippen LogP contribution in [0.2, 0.25) is 0 Å². The molecule has 0 radical (unpaired) electrons. The topological polar surface area (TPSA) is 248 Å². The first-order valence-corrected chi connectivity index (χ1v) is 18.7. The van der Waals surface area contributed by atoms with Gasteiger partial charge in [0.1, 0.15) is 24.5 Å². The van der Waals surface area contributed by atoms with Gasteiger partial charge in [-0.05, 0) is 38.6 Å². The number of carboxylic acid groups (broad SMARTS) is 1. The van der Waals surface area contributed by atoms with Gasteiger partial charge in [0.25, 0.3) is 0 Å². The number of carbonyl (C=O) groups is 6. The van der Waals surface area contributed by atoms with Crippen LogP contribution in [0.3, 0.4) is 0 Å². The molecule has 21 nitrogen and oxygen atoms in total. The van der Waals surface area contributed by atoms with Gasteiger partial charge in [0.05, 0.1) is 52.2 Å². The second kappa shape index (κ2) is 25.1. The van der Waals surface area contributed by atoms with Gasteiger partial charge in [-0.1, -0.05) is 31.2 Å². The molecule has 5 amide bonds. The molecule has 2 aromatic rings. The van der Waals surface area contributed by atoms with E-state index in [2.05, 4.69) is 26.1 Å². The van der Waals surface area contributed by atoms with E-state index in [1.165, 1.54) is 33.6 Å². The fraction of sp³-hybridized carbons (Fsp3) is 0.706. The molecular weight excluding hydrogens is 718 g/mol. The van der Waals surface area contributed by atoms with E-state index in [0.29, 0.717) is 69.7 Å². The highest BCUT2D eigenvalue weighted by Gasteiger charge is 2.28. The number of rotatable bonds is 28. The van der Waals surface area contributed by atoms with E-state index in [1.807, 2.05) is 20.8 Å². The predicted octanol–water partition coefficient (Wildman–Crippen LogP) is -1.06. The summed E-state index contributed by atoms with van der Waals surface area (Å²) in [4.78, 5) is 89.8. The van der Waals surface area contributed by atoms with Crippen LogP contribution < -0.4 is 11.2 Å². The molecule has 0 aliphatic rings. The second-order valence-corrected chi connectivity index (χ2v) is 13.0. The van der Waals surface area contributed by atoms with E-state index in [4.69, 9.17) is 10.6 Å². The maximum absolute atomic E-state index is 13.7. The molecule has 2 aromatic heterocycles. The summed E-state index contributed by atoms with van der Waals surface area (Å²) in [5, 5.41) is 25.8. The van der Waals surface area contributed by atoms with Gasteiger partial charge in [-0.3, -0.25) is 38.1 Å². The minimum atomic E-state index is -1.23. The van der Waals surface area contributed by atoms with Gasteiger partial charge in [0, 0.05) is 46.2 Å². The number of hydrogen-bond donors (Lipinski definition) is 3. The molecule has 2 heterocycles. The van der Waals surface area contributed by atoms with E-state index >= 15 is 0 Å². The number of aryl methyl sites for hydroxylation is 2. The highest BCUT2D eigenvalue weighted by molar-refractivity contribution is 5.91. The minimum Gasteiger partial charge on any atom is -0.480 e. The van der Waals surface area contributed by atoms with E-state index < -0.39 is 42.7 Å². The van der Waals surface area contributed by atoms with E-state index in [1.54, 1.807) is 21.8 Å². The normalized spacial score (nSPS) is 10.9. The summed E-state index contributed by atoms with van der Waals surface area (Å²) < 4.78 is 3.20. The molecule has 0 fully saturated rings. The lowest BCUT2D eigenvalue weighted by atomic mass is 10.3. The van der Waals surface area contributed by atoms with Crippen molar-refractivity contribution in [3.63, 3.8) is 0 Å². The Kier molecular flexibility index (Phi) is 21.1. The van der Waals surface area contributed by atoms with Crippen LogP contribution in [0.4, 0.5) is 0 Å². The van der Waals surface area contributed by atoms with Crippen molar-refractivity contribution in [2.45, 2.75) is 86.0 Å². The summed E-state index contributed by atoms with van der Waals surface area (Å²) in [7, 11) is 1.51. The first-order valence-electron chi connectivity index (χ1n) is 18.7. The lowest BCUT2D eigenvalue weighted by Gasteiger charge is -2.31. The SMILES string of the molecule is CCCN(CC(=O)N(CCC)CC(=O)N(CCC)CC(=O)N(CC(=O)O)Cc1cn(CCCNOC)nn1)C(=O)CN(Cc1cn(CCCN)nn1)C(C)=O. The highest BCUT2D eigenvalue weighted by Crippen LogP contribution is 2.08. The molecule has 0 atom stereocenters.